The molecule has 1 fully saturated rings. The minimum atomic E-state index is 0.235. The van der Waals surface area contributed by atoms with Crippen LogP contribution in [0.1, 0.15) is 24.8 Å². The molecule has 1 amide bonds. The fraction of sp³-hybridized carbons (Fsp3) is 0.467. The van der Waals surface area contributed by atoms with E-state index in [0.29, 0.717) is 26.0 Å². The quantitative estimate of drug-likeness (QED) is 0.813. The SMILES string of the molecule is N#CCc1ccc(OCCN2CCCCC2=O)cc1. The molecule has 0 aliphatic carbocycles. The molecule has 4 heteroatoms. The van der Waals surface area contributed by atoms with Gasteiger partial charge >= 0.3 is 0 Å². The van der Waals surface area contributed by atoms with Crippen LogP contribution < -0.4 is 4.74 Å². The van der Waals surface area contributed by atoms with Gasteiger partial charge in [0.15, 0.2) is 0 Å². The van der Waals surface area contributed by atoms with Crippen LogP contribution >= 0.6 is 0 Å². The zero-order valence-electron chi connectivity index (χ0n) is 11.0. The molecule has 1 saturated heterocycles. The Labute approximate surface area is 113 Å². The monoisotopic (exact) mass is 258 g/mol. The summed E-state index contributed by atoms with van der Waals surface area (Å²) in [5.41, 5.74) is 0.987. The first-order chi connectivity index (χ1) is 9.29. The maximum Gasteiger partial charge on any atom is 0.222 e. The highest BCUT2D eigenvalue weighted by molar-refractivity contribution is 5.76. The van der Waals surface area contributed by atoms with E-state index in [1.54, 1.807) is 0 Å². The number of nitrogens with zero attached hydrogens (tertiary/aromatic N) is 2. The number of carbonyl (C=O) groups is 1. The first kappa shape index (κ1) is 13.4. The first-order valence-electron chi connectivity index (χ1n) is 6.66. The zero-order chi connectivity index (χ0) is 13.5. The summed E-state index contributed by atoms with van der Waals surface area (Å²) in [6.07, 6.45) is 3.19. The van der Waals surface area contributed by atoms with Gasteiger partial charge in [0.05, 0.1) is 19.0 Å². The van der Waals surface area contributed by atoms with Gasteiger partial charge in [-0.2, -0.15) is 5.26 Å². The Morgan fingerprint density at radius 1 is 1.26 bits per heavy atom. The molecule has 2 rings (SSSR count). The van der Waals surface area contributed by atoms with Crippen molar-refractivity contribution in [2.45, 2.75) is 25.7 Å². The van der Waals surface area contributed by atoms with Crippen molar-refractivity contribution in [2.24, 2.45) is 0 Å². The van der Waals surface area contributed by atoms with Gasteiger partial charge in [0.1, 0.15) is 12.4 Å². The van der Waals surface area contributed by atoms with Crippen molar-refractivity contribution in [1.82, 2.24) is 4.90 Å². The summed E-state index contributed by atoms with van der Waals surface area (Å²) in [4.78, 5) is 13.5. The molecular weight excluding hydrogens is 240 g/mol. The molecular formula is C15H18N2O2. The molecule has 0 aromatic heterocycles. The summed E-state index contributed by atoms with van der Waals surface area (Å²) >= 11 is 0. The molecule has 1 aliphatic heterocycles. The predicted octanol–water partition coefficient (Wildman–Crippen LogP) is 2.14. The Morgan fingerprint density at radius 3 is 2.74 bits per heavy atom. The summed E-state index contributed by atoms with van der Waals surface area (Å²) < 4.78 is 5.61. The van der Waals surface area contributed by atoms with E-state index in [1.807, 2.05) is 29.2 Å². The molecule has 0 saturated carbocycles. The maximum atomic E-state index is 11.6. The van der Waals surface area contributed by atoms with Crippen molar-refractivity contribution in [1.29, 1.82) is 5.26 Å². The van der Waals surface area contributed by atoms with Crippen LogP contribution in [-0.2, 0) is 11.2 Å². The minimum absolute atomic E-state index is 0.235. The molecule has 1 heterocycles. The number of carbonyl (C=O) groups excluding carboxylic acids is 1. The maximum absolute atomic E-state index is 11.6. The number of benzene rings is 1. The molecule has 19 heavy (non-hydrogen) atoms. The van der Waals surface area contributed by atoms with Gasteiger partial charge in [-0.25, -0.2) is 0 Å². The summed E-state index contributed by atoms with van der Waals surface area (Å²) in [7, 11) is 0. The third-order valence-electron chi connectivity index (χ3n) is 3.26. The molecule has 0 spiro atoms. The highest BCUT2D eigenvalue weighted by Crippen LogP contribution is 2.13. The second kappa shape index (κ2) is 6.79. The topological polar surface area (TPSA) is 53.3 Å². The molecule has 0 atom stereocenters. The molecule has 100 valence electrons. The standard InChI is InChI=1S/C15H18N2O2/c16-9-8-13-4-6-14(7-5-13)19-12-11-17-10-2-1-3-15(17)18/h4-7H,1-3,8,10-12H2. The van der Waals surface area contributed by atoms with Gasteiger partial charge in [-0.3, -0.25) is 4.79 Å². The Balaban J connectivity index is 1.76. The van der Waals surface area contributed by atoms with E-state index < -0.39 is 0 Å². The number of nitriles is 1. The first-order valence-corrected chi connectivity index (χ1v) is 6.66. The van der Waals surface area contributed by atoms with E-state index in [4.69, 9.17) is 10.00 Å². The molecule has 0 radical (unpaired) electrons. The van der Waals surface area contributed by atoms with Crippen molar-refractivity contribution < 1.29 is 9.53 Å². The smallest absolute Gasteiger partial charge is 0.222 e. The zero-order valence-corrected chi connectivity index (χ0v) is 11.0. The Hall–Kier alpha value is -2.02. The van der Waals surface area contributed by atoms with Gasteiger partial charge in [0.25, 0.3) is 0 Å². The van der Waals surface area contributed by atoms with Crippen LogP contribution in [-0.4, -0.2) is 30.5 Å². The molecule has 0 bridgehead atoms. The van der Waals surface area contributed by atoms with Gasteiger partial charge in [-0.15, -0.1) is 0 Å². The average molecular weight is 258 g/mol. The van der Waals surface area contributed by atoms with Crippen molar-refractivity contribution >= 4 is 5.91 Å². The lowest BCUT2D eigenvalue weighted by Crippen LogP contribution is -2.38. The molecule has 4 nitrogen and oxygen atoms in total. The summed E-state index contributed by atoms with van der Waals surface area (Å²) in [6.45, 7) is 2.02. The van der Waals surface area contributed by atoms with E-state index in [9.17, 15) is 4.79 Å². The van der Waals surface area contributed by atoms with E-state index in [2.05, 4.69) is 6.07 Å². The fourth-order valence-corrected chi connectivity index (χ4v) is 2.17. The molecule has 1 aromatic rings. The van der Waals surface area contributed by atoms with Gasteiger partial charge in [-0.1, -0.05) is 12.1 Å². The second-order valence-corrected chi connectivity index (χ2v) is 4.67. The van der Waals surface area contributed by atoms with Gasteiger partial charge in [0, 0.05) is 13.0 Å². The van der Waals surface area contributed by atoms with E-state index in [-0.39, 0.29) is 5.91 Å². The fourth-order valence-electron chi connectivity index (χ4n) is 2.17. The van der Waals surface area contributed by atoms with E-state index >= 15 is 0 Å². The lowest BCUT2D eigenvalue weighted by atomic mass is 10.1. The number of likely N-dealkylation sites (tertiary alicyclic amines) is 1. The number of hydrogen-bond acceptors (Lipinski definition) is 3. The Bertz CT molecular complexity index is 462. The normalized spacial score (nSPS) is 15.1. The van der Waals surface area contributed by atoms with Gasteiger partial charge in [-0.05, 0) is 30.5 Å². The molecule has 0 N–H and O–H groups in total. The molecule has 0 unspecified atom stereocenters. The highest BCUT2D eigenvalue weighted by atomic mass is 16.5. The summed E-state index contributed by atoms with van der Waals surface area (Å²) in [6, 6.07) is 9.63. The molecule has 1 aliphatic rings. The average Bonchev–Trinajstić information content (AvgIpc) is 2.43. The van der Waals surface area contributed by atoms with E-state index in [0.717, 1.165) is 30.7 Å². The van der Waals surface area contributed by atoms with Crippen molar-refractivity contribution in [3.05, 3.63) is 29.8 Å². The van der Waals surface area contributed by atoms with E-state index in [1.165, 1.54) is 0 Å². The van der Waals surface area contributed by atoms with Crippen molar-refractivity contribution in [2.75, 3.05) is 19.7 Å². The Kier molecular flexibility index (Phi) is 4.79. The van der Waals surface area contributed by atoms with Crippen LogP contribution in [0.3, 0.4) is 0 Å². The highest BCUT2D eigenvalue weighted by Gasteiger charge is 2.17. The third kappa shape index (κ3) is 3.99. The third-order valence-corrected chi connectivity index (χ3v) is 3.26. The van der Waals surface area contributed by atoms with Crippen LogP contribution in [0.2, 0.25) is 0 Å². The van der Waals surface area contributed by atoms with Gasteiger partial charge in [0.2, 0.25) is 5.91 Å². The van der Waals surface area contributed by atoms with Crippen molar-refractivity contribution in [3.8, 4) is 11.8 Å². The lowest BCUT2D eigenvalue weighted by Gasteiger charge is -2.26. The van der Waals surface area contributed by atoms with Crippen LogP contribution in [0, 0.1) is 11.3 Å². The number of ether oxygens (including phenoxy) is 1. The number of rotatable bonds is 5. The van der Waals surface area contributed by atoms with Crippen LogP contribution in [0.4, 0.5) is 0 Å². The lowest BCUT2D eigenvalue weighted by molar-refractivity contribution is -0.133. The predicted molar refractivity (Wildman–Crippen MR) is 71.7 cm³/mol. The minimum Gasteiger partial charge on any atom is -0.492 e. The van der Waals surface area contributed by atoms with Crippen molar-refractivity contribution in [3.63, 3.8) is 0 Å². The van der Waals surface area contributed by atoms with Crippen LogP contribution in [0.25, 0.3) is 0 Å². The number of amides is 1. The largest absolute Gasteiger partial charge is 0.492 e. The number of piperidine rings is 1. The summed E-state index contributed by atoms with van der Waals surface area (Å²) in [5, 5.41) is 8.58. The van der Waals surface area contributed by atoms with Gasteiger partial charge < -0.3 is 9.64 Å². The Morgan fingerprint density at radius 2 is 2.05 bits per heavy atom. The van der Waals surface area contributed by atoms with Crippen LogP contribution in [0.5, 0.6) is 5.75 Å². The number of hydrogen-bond donors (Lipinski definition) is 0. The molecule has 1 aromatic carbocycles. The summed E-state index contributed by atoms with van der Waals surface area (Å²) in [5.74, 6) is 1.02. The van der Waals surface area contributed by atoms with Crippen LogP contribution in [0.15, 0.2) is 24.3 Å². The second-order valence-electron chi connectivity index (χ2n) is 4.67.